The number of benzene rings is 2. The van der Waals surface area contributed by atoms with Crippen molar-refractivity contribution in [2.75, 3.05) is 5.32 Å². The Labute approximate surface area is 119 Å². The van der Waals surface area contributed by atoms with Crippen LogP contribution in [0, 0.1) is 6.92 Å². The normalized spacial score (nSPS) is 10.6. The summed E-state index contributed by atoms with van der Waals surface area (Å²) in [5.74, 6) is 0.830. The summed E-state index contributed by atoms with van der Waals surface area (Å²) in [4.78, 5) is 8.61. The number of aromatic nitrogens is 2. The molecule has 1 N–H and O–H groups in total. The predicted octanol–water partition coefficient (Wildman–Crippen LogP) is 4.44. The maximum atomic E-state index is 4.33. The molecule has 4 heteroatoms. The second-order valence-electron chi connectivity index (χ2n) is 4.37. The molecular formula is C15H12BrN3. The first-order valence-electron chi connectivity index (χ1n) is 5.96. The van der Waals surface area contributed by atoms with Gasteiger partial charge >= 0.3 is 0 Å². The molecule has 0 saturated heterocycles. The fraction of sp³-hybridized carbons (Fsp3) is 0.0667. The lowest BCUT2D eigenvalue weighted by molar-refractivity contribution is 1.21. The van der Waals surface area contributed by atoms with Crippen molar-refractivity contribution in [2.45, 2.75) is 6.92 Å². The van der Waals surface area contributed by atoms with E-state index in [4.69, 9.17) is 0 Å². The van der Waals surface area contributed by atoms with Gasteiger partial charge in [0.1, 0.15) is 12.1 Å². The lowest BCUT2D eigenvalue weighted by Gasteiger charge is -2.08. The molecule has 0 amide bonds. The number of anilines is 2. The van der Waals surface area contributed by atoms with E-state index < -0.39 is 0 Å². The van der Waals surface area contributed by atoms with Crippen LogP contribution in [0.15, 0.2) is 53.3 Å². The van der Waals surface area contributed by atoms with Crippen LogP contribution in [-0.2, 0) is 0 Å². The van der Waals surface area contributed by atoms with Crippen LogP contribution in [0.25, 0.3) is 10.9 Å². The molecule has 0 unspecified atom stereocenters. The number of hydrogen-bond donors (Lipinski definition) is 1. The lowest BCUT2D eigenvalue weighted by atomic mass is 10.1. The minimum Gasteiger partial charge on any atom is -0.340 e. The highest BCUT2D eigenvalue weighted by Gasteiger charge is 2.04. The Hall–Kier alpha value is -1.94. The third-order valence-corrected chi connectivity index (χ3v) is 3.43. The van der Waals surface area contributed by atoms with Gasteiger partial charge < -0.3 is 5.32 Å². The fourth-order valence-corrected chi connectivity index (χ4v) is 2.20. The Balaban J connectivity index is 2.05. The topological polar surface area (TPSA) is 37.8 Å². The van der Waals surface area contributed by atoms with E-state index in [1.807, 2.05) is 30.3 Å². The Morgan fingerprint density at radius 2 is 1.79 bits per heavy atom. The summed E-state index contributed by atoms with van der Waals surface area (Å²) in [5.41, 5.74) is 3.14. The molecule has 0 spiro atoms. The van der Waals surface area contributed by atoms with E-state index in [1.54, 1.807) is 6.33 Å². The molecule has 94 valence electrons. The van der Waals surface area contributed by atoms with Gasteiger partial charge in [-0.25, -0.2) is 9.97 Å². The summed E-state index contributed by atoms with van der Waals surface area (Å²) in [6, 6.07) is 14.2. The van der Waals surface area contributed by atoms with Crippen LogP contribution in [0.5, 0.6) is 0 Å². The highest BCUT2D eigenvalue weighted by Crippen LogP contribution is 2.24. The zero-order valence-corrected chi connectivity index (χ0v) is 12.0. The first-order valence-corrected chi connectivity index (χ1v) is 6.75. The SMILES string of the molecule is Cc1ccc2ncnc(Nc3ccc(Br)cc3)c2c1. The molecule has 0 radical (unpaired) electrons. The van der Waals surface area contributed by atoms with E-state index in [9.17, 15) is 0 Å². The van der Waals surface area contributed by atoms with Crippen molar-refractivity contribution in [1.29, 1.82) is 0 Å². The quantitative estimate of drug-likeness (QED) is 0.759. The molecule has 0 aliphatic heterocycles. The van der Waals surface area contributed by atoms with E-state index in [-0.39, 0.29) is 0 Å². The summed E-state index contributed by atoms with van der Waals surface area (Å²) < 4.78 is 1.06. The Kier molecular flexibility index (Phi) is 3.17. The third-order valence-electron chi connectivity index (χ3n) is 2.90. The maximum Gasteiger partial charge on any atom is 0.141 e. The molecule has 0 saturated carbocycles. The summed E-state index contributed by atoms with van der Waals surface area (Å²) in [6.45, 7) is 2.07. The van der Waals surface area contributed by atoms with Crippen LogP contribution in [0.3, 0.4) is 0 Å². The van der Waals surface area contributed by atoms with Gasteiger partial charge in [-0.2, -0.15) is 0 Å². The van der Waals surface area contributed by atoms with Crippen molar-refractivity contribution in [1.82, 2.24) is 9.97 Å². The minimum atomic E-state index is 0.830. The van der Waals surface area contributed by atoms with Crippen molar-refractivity contribution in [3.05, 3.63) is 58.8 Å². The highest BCUT2D eigenvalue weighted by molar-refractivity contribution is 9.10. The van der Waals surface area contributed by atoms with E-state index in [0.29, 0.717) is 0 Å². The summed E-state index contributed by atoms with van der Waals surface area (Å²) in [6.07, 6.45) is 1.58. The summed E-state index contributed by atoms with van der Waals surface area (Å²) in [7, 11) is 0. The molecule has 1 heterocycles. The summed E-state index contributed by atoms with van der Waals surface area (Å²) >= 11 is 3.43. The van der Waals surface area contributed by atoms with Gasteiger partial charge in [0, 0.05) is 15.5 Å². The van der Waals surface area contributed by atoms with Gasteiger partial charge in [-0.05, 0) is 43.3 Å². The van der Waals surface area contributed by atoms with Gasteiger partial charge in [0.05, 0.1) is 5.52 Å². The third kappa shape index (κ3) is 2.58. The lowest BCUT2D eigenvalue weighted by Crippen LogP contribution is -1.96. The molecule has 0 bridgehead atoms. The molecule has 0 aliphatic carbocycles. The van der Waals surface area contributed by atoms with Crippen LogP contribution < -0.4 is 5.32 Å². The van der Waals surface area contributed by atoms with Crippen molar-refractivity contribution < 1.29 is 0 Å². The van der Waals surface area contributed by atoms with Crippen LogP contribution >= 0.6 is 15.9 Å². The molecular weight excluding hydrogens is 302 g/mol. The Bertz CT molecular complexity index is 723. The average Bonchev–Trinajstić information content (AvgIpc) is 2.42. The molecule has 1 aromatic heterocycles. The molecule has 2 aromatic carbocycles. The highest BCUT2D eigenvalue weighted by atomic mass is 79.9. The largest absolute Gasteiger partial charge is 0.340 e. The van der Waals surface area contributed by atoms with Gasteiger partial charge in [0.2, 0.25) is 0 Å². The summed E-state index contributed by atoms with van der Waals surface area (Å²) in [5, 5.41) is 4.36. The van der Waals surface area contributed by atoms with Crippen molar-refractivity contribution in [3.8, 4) is 0 Å². The molecule has 3 nitrogen and oxygen atoms in total. The molecule has 0 aliphatic rings. The van der Waals surface area contributed by atoms with Gasteiger partial charge in [-0.1, -0.05) is 27.6 Å². The number of hydrogen-bond acceptors (Lipinski definition) is 3. The van der Waals surface area contributed by atoms with Crippen LogP contribution in [0.4, 0.5) is 11.5 Å². The minimum absolute atomic E-state index is 0.830. The maximum absolute atomic E-state index is 4.33. The van der Waals surface area contributed by atoms with Crippen molar-refractivity contribution in [3.63, 3.8) is 0 Å². The average molecular weight is 314 g/mol. The number of nitrogens with one attached hydrogen (secondary N) is 1. The van der Waals surface area contributed by atoms with Crippen LogP contribution in [0.2, 0.25) is 0 Å². The van der Waals surface area contributed by atoms with Gasteiger partial charge in [-0.3, -0.25) is 0 Å². The number of rotatable bonds is 2. The standard InChI is InChI=1S/C15H12BrN3/c1-10-2-7-14-13(8-10)15(18-9-17-14)19-12-5-3-11(16)4-6-12/h2-9H,1H3,(H,17,18,19). The number of fused-ring (bicyclic) bond motifs is 1. The van der Waals surface area contributed by atoms with Crippen LogP contribution in [0.1, 0.15) is 5.56 Å². The first-order chi connectivity index (χ1) is 9.22. The monoisotopic (exact) mass is 313 g/mol. The zero-order chi connectivity index (χ0) is 13.2. The second kappa shape index (κ2) is 4.97. The van der Waals surface area contributed by atoms with E-state index >= 15 is 0 Å². The van der Waals surface area contributed by atoms with E-state index in [0.717, 1.165) is 26.9 Å². The van der Waals surface area contributed by atoms with E-state index in [2.05, 4.69) is 50.3 Å². The molecule has 3 rings (SSSR count). The first kappa shape index (κ1) is 12.1. The van der Waals surface area contributed by atoms with Gasteiger partial charge in [0.15, 0.2) is 0 Å². The second-order valence-corrected chi connectivity index (χ2v) is 5.29. The van der Waals surface area contributed by atoms with Gasteiger partial charge in [0.25, 0.3) is 0 Å². The van der Waals surface area contributed by atoms with Crippen molar-refractivity contribution >= 4 is 38.3 Å². The number of nitrogens with zero attached hydrogens (tertiary/aromatic N) is 2. The Morgan fingerprint density at radius 1 is 1.00 bits per heavy atom. The van der Waals surface area contributed by atoms with Crippen molar-refractivity contribution in [2.24, 2.45) is 0 Å². The van der Waals surface area contributed by atoms with Crippen LogP contribution in [-0.4, -0.2) is 9.97 Å². The number of aryl methyl sites for hydroxylation is 1. The molecule has 0 fully saturated rings. The zero-order valence-electron chi connectivity index (χ0n) is 10.4. The molecule has 0 atom stereocenters. The van der Waals surface area contributed by atoms with Gasteiger partial charge in [-0.15, -0.1) is 0 Å². The fourth-order valence-electron chi connectivity index (χ4n) is 1.94. The molecule has 3 aromatic rings. The molecule has 19 heavy (non-hydrogen) atoms. The Morgan fingerprint density at radius 3 is 2.58 bits per heavy atom. The van der Waals surface area contributed by atoms with E-state index in [1.165, 1.54) is 5.56 Å². The predicted molar refractivity (Wildman–Crippen MR) is 81.7 cm³/mol. The number of halogens is 1. The smallest absolute Gasteiger partial charge is 0.141 e.